The van der Waals surface area contributed by atoms with Crippen molar-refractivity contribution in [2.75, 3.05) is 0 Å². The lowest BCUT2D eigenvalue weighted by Crippen LogP contribution is -2.47. The smallest absolute Gasteiger partial charge is 0.303 e. The van der Waals surface area contributed by atoms with Gasteiger partial charge in [0, 0.05) is 28.6 Å². The van der Waals surface area contributed by atoms with Crippen LogP contribution < -0.4 is 21.9 Å². The van der Waals surface area contributed by atoms with Crippen LogP contribution in [0.4, 0.5) is 4.39 Å². The second kappa shape index (κ2) is 7.66. The number of halogens is 1. The number of carbonyl (C=O) groups is 1. The molecule has 0 aliphatic heterocycles. The number of nitrogens with zero attached hydrogens (tertiary/aromatic N) is 2. The number of aromatic nitrogens is 3. The Bertz CT molecular complexity index is 1330. The summed E-state index contributed by atoms with van der Waals surface area (Å²) < 4.78 is 17.0. The molecule has 5 nitrogen and oxygen atoms in total. The molecule has 0 radical (unpaired) electrons. The van der Waals surface area contributed by atoms with E-state index in [9.17, 15) is 14.3 Å². The first-order valence-electron chi connectivity index (χ1n) is 10.6. The van der Waals surface area contributed by atoms with Crippen molar-refractivity contribution in [2.45, 2.75) is 32.6 Å². The van der Waals surface area contributed by atoms with E-state index in [1.54, 1.807) is 6.20 Å². The number of nitrogens with one attached hydrogen (secondary N) is 1. The molecule has 2 aromatic carbocycles. The molecule has 4 aromatic rings. The number of rotatable bonds is 5. The predicted octanol–water partition coefficient (Wildman–Crippen LogP) is -2.18. The van der Waals surface area contributed by atoms with Crippen LogP contribution in [0.2, 0.25) is 0 Å². The lowest BCUT2D eigenvalue weighted by molar-refractivity contribution is -0.136. The number of hydrogen-bond donors (Lipinski definition) is 2. The van der Waals surface area contributed by atoms with Crippen LogP contribution in [0.15, 0.2) is 18.3 Å². The fraction of sp³-hybridized carbons (Fsp3) is 0.238. The topological polar surface area (TPSA) is 70.9 Å². The summed E-state index contributed by atoms with van der Waals surface area (Å²) in [6.07, 6.45) is 2.28. The lowest BCUT2D eigenvalue weighted by Gasteiger charge is -2.23. The Morgan fingerprint density at radius 1 is 1.16 bits per heavy atom. The van der Waals surface area contributed by atoms with Crippen molar-refractivity contribution in [3.63, 3.8) is 0 Å². The number of carboxylic acids is 1. The molecule has 10 heteroatoms. The average Bonchev–Trinajstić information content (AvgIpc) is 3.30. The van der Waals surface area contributed by atoms with Crippen LogP contribution in [0.25, 0.3) is 27.5 Å². The number of aryl methyl sites for hydroxylation is 1. The Labute approximate surface area is 184 Å². The largest absolute Gasteiger partial charge is 0.481 e. The van der Waals surface area contributed by atoms with E-state index in [-0.39, 0.29) is 18.2 Å². The molecular formula is C21H24B4FN3O2. The van der Waals surface area contributed by atoms with Crippen molar-refractivity contribution in [3.8, 4) is 5.69 Å². The van der Waals surface area contributed by atoms with Gasteiger partial charge in [-0.3, -0.25) is 9.89 Å². The highest BCUT2D eigenvalue weighted by atomic mass is 19.1. The number of benzene rings is 2. The zero-order valence-electron chi connectivity index (χ0n) is 18.9. The summed E-state index contributed by atoms with van der Waals surface area (Å²) in [7, 11) is 7.56. The Hall–Kier alpha value is -2.89. The fourth-order valence-corrected chi connectivity index (χ4v) is 4.73. The van der Waals surface area contributed by atoms with Crippen molar-refractivity contribution in [3.05, 3.63) is 35.4 Å². The molecule has 2 heterocycles. The van der Waals surface area contributed by atoms with Gasteiger partial charge >= 0.3 is 5.97 Å². The van der Waals surface area contributed by atoms with Crippen molar-refractivity contribution in [1.82, 2.24) is 14.8 Å². The Morgan fingerprint density at radius 3 is 2.39 bits per heavy atom. The minimum Gasteiger partial charge on any atom is -0.481 e. The summed E-state index contributed by atoms with van der Waals surface area (Å²) in [5.41, 5.74) is 8.08. The molecule has 0 aliphatic rings. The van der Waals surface area contributed by atoms with Crippen LogP contribution in [0.1, 0.15) is 37.4 Å². The maximum absolute atomic E-state index is 14.8. The van der Waals surface area contributed by atoms with Crippen LogP contribution in [0.3, 0.4) is 0 Å². The number of fused-ring (bicyclic) bond motifs is 2. The summed E-state index contributed by atoms with van der Waals surface area (Å²) in [6.45, 7) is 4.24. The maximum atomic E-state index is 14.8. The second-order valence-corrected chi connectivity index (χ2v) is 8.74. The van der Waals surface area contributed by atoms with Crippen LogP contribution in [-0.2, 0) is 11.2 Å². The SMILES string of the molecule is Bc1c(B)c(-n2c(C(C)C)c(CCC(=O)O)c3cc4[nH]ncc4cc32)c(B)c(B)c1F. The number of aliphatic carboxylic acids is 1. The molecule has 4 rings (SSSR count). The normalized spacial score (nSPS) is 11.7. The second-order valence-electron chi connectivity index (χ2n) is 8.74. The number of hydrogen-bond acceptors (Lipinski definition) is 2. The highest BCUT2D eigenvalue weighted by Gasteiger charge is 2.25. The summed E-state index contributed by atoms with van der Waals surface area (Å²) in [5, 5.41) is 18.6. The Balaban J connectivity index is 2.19. The quantitative estimate of drug-likeness (QED) is 0.366. The van der Waals surface area contributed by atoms with E-state index in [0.29, 0.717) is 17.3 Å². The zero-order valence-corrected chi connectivity index (χ0v) is 18.9. The molecule has 0 amide bonds. The number of carboxylic acid groups (broad SMARTS) is 1. The first-order valence-corrected chi connectivity index (χ1v) is 10.6. The highest BCUT2D eigenvalue weighted by molar-refractivity contribution is 6.58. The van der Waals surface area contributed by atoms with Crippen molar-refractivity contribution in [1.29, 1.82) is 0 Å². The van der Waals surface area contributed by atoms with Gasteiger partial charge in [0.25, 0.3) is 0 Å². The molecule has 0 aliphatic carbocycles. The maximum Gasteiger partial charge on any atom is 0.303 e. The van der Waals surface area contributed by atoms with Crippen molar-refractivity contribution in [2.24, 2.45) is 0 Å². The summed E-state index contributed by atoms with van der Waals surface area (Å²) in [6, 6.07) is 4.16. The standard InChI is InChI=1S/C21H24B4FN3O2/c1-8(2)20-10(3-4-14(30)31)11-6-12-9(7-27-28-12)5-13(11)29(20)21-17(24)15(22)19(26)16(23)18(21)25/h5-8H,3-4,22-25H2,1-2H3,(H,27,28)(H,30,31). The van der Waals surface area contributed by atoms with Gasteiger partial charge in [0.15, 0.2) is 0 Å². The molecule has 0 saturated heterocycles. The van der Waals surface area contributed by atoms with Gasteiger partial charge in [-0.1, -0.05) is 35.7 Å². The van der Waals surface area contributed by atoms with Gasteiger partial charge in [-0.15, -0.1) is 0 Å². The minimum absolute atomic E-state index is 0.0548. The third-order valence-electron chi connectivity index (χ3n) is 6.53. The van der Waals surface area contributed by atoms with Gasteiger partial charge < -0.3 is 9.67 Å². The molecule has 0 fully saturated rings. The van der Waals surface area contributed by atoms with Gasteiger partial charge in [0.2, 0.25) is 0 Å². The van der Waals surface area contributed by atoms with E-state index in [2.05, 4.69) is 40.7 Å². The third kappa shape index (κ3) is 3.29. The zero-order chi connectivity index (χ0) is 22.6. The van der Waals surface area contributed by atoms with Gasteiger partial charge in [0.1, 0.15) is 37.2 Å². The minimum atomic E-state index is -0.820. The summed E-state index contributed by atoms with van der Waals surface area (Å²) >= 11 is 0. The van der Waals surface area contributed by atoms with E-state index >= 15 is 0 Å². The van der Waals surface area contributed by atoms with E-state index < -0.39 is 5.97 Å². The van der Waals surface area contributed by atoms with E-state index in [1.807, 2.05) is 31.4 Å². The number of aromatic amines is 1. The van der Waals surface area contributed by atoms with E-state index in [4.69, 9.17) is 0 Å². The molecule has 31 heavy (non-hydrogen) atoms. The third-order valence-corrected chi connectivity index (χ3v) is 6.53. The average molecular weight is 413 g/mol. The van der Waals surface area contributed by atoms with Gasteiger partial charge in [-0.2, -0.15) is 5.10 Å². The predicted molar refractivity (Wildman–Crippen MR) is 136 cm³/mol. The van der Waals surface area contributed by atoms with Gasteiger partial charge in [0.05, 0.1) is 17.2 Å². The molecule has 2 N–H and O–H groups in total. The Morgan fingerprint density at radius 2 is 1.81 bits per heavy atom. The van der Waals surface area contributed by atoms with Gasteiger partial charge in [-0.05, 0) is 30.0 Å². The molecule has 154 valence electrons. The van der Waals surface area contributed by atoms with Crippen LogP contribution in [0, 0.1) is 5.82 Å². The van der Waals surface area contributed by atoms with Crippen molar-refractivity contribution < 1.29 is 14.3 Å². The molecule has 0 atom stereocenters. The molecule has 0 bridgehead atoms. The molecule has 0 saturated carbocycles. The van der Waals surface area contributed by atoms with Crippen LogP contribution >= 0.6 is 0 Å². The first-order chi connectivity index (χ1) is 14.6. The lowest BCUT2D eigenvalue weighted by atomic mass is 9.68. The van der Waals surface area contributed by atoms with Crippen LogP contribution in [-0.4, -0.2) is 57.2 Å². The number of H-pyrrole nitrogens is 1. The van der Waals surface area contributed by atoms with Crippen molar-refractivity contribution >= 4 is 81.0 Å². The molecule has 0 unspecified atom stereocenters. The monoisotopic (exact) mass is 413 g/mol. The van der Waals surface area contributed by atoms with Crippen LogP contribution in [0.5, 0.6) is 0 Å². The molecule has 0 spiro atoms. The summed E-state index contributed by atoms with van der Waals surface area (Å²) in [5.74, 6) is -0.833. The highest BCUT2D eigenvalue weighted by Crippen LogP contribution is 2.36. The van der Waals surface area contributed by atoms with E-state index in [0.717, 1.165) is 49.7 Å². The van der Waals surface area contributed by atoms with Gasteiger partial charge in [-0.25, -0.2) is 4.39 Å². The molecular weight excluding hydrogens is 388 g/mol. The Kier molecular flexibility index (Phi) is 5.28. The van der Waals surface area contributed by atoms with E-state index in [1.165, 1.54) is 0 Å². The fourth-order valence-electron chi connectivity index (χ4n) is 4.73. The first kappa shape index (κ1) is 21.3. The summed E-state index contributed by atoms with van der Waals surface area (Å²) in [4.78, 5) is 11.4. The molecule has 2 aromatic heterocycles.